The summed E-state index contributed by atoms with van der Waals surface area (Å²) >= 11 is 5.83. The summed E-state index contributed by atoms with van der Waals surface area (Å²) in [6.45, 7) is 1.76. The second-order valence-corrected chi connectivity index (χ2v) is 4.41. The van der Waals surface area contributed by atoms with Gasteiger partial charge in [0, 0.05) is 12.7 Å². The van der Waals surface area contributed by atoms with Gasteiger partial charge >= 0.3 is 5.69 Å². The maximum Gasteiger partial charge on any atom is 0.327 e. The van der Waals surface area contributed by atoms with Gasteiger partial charge in [-0.05, 0) is 19.0 Å². The number of halogens is 1. The average molecular weight is 239 g/mol. The molecule has 1 aliphatic heterocycles. The second-order valence-electron chi connectivity index (χ2n) is 3.97. The van der Waals surface area contributed by atoms with E-state index in [0.717, 1.165) is 19.5 Å². The third kappa shape index (κ3) is 1.44. The minimum Gasteiger partial charge on any atom is -0.315 e. The first kappa shape index (κ1) is 9.86. The highest BCUT2D eigenvalue weighted by atomic mass is 35.5. The summed E-state index contributed by atoms with van der Waals surface area (Å²) in [5.74, 6) is 0. The van der Waals surface area contributed by atoms with Gasteiger partial charge in [-0.15, -0.1) is 0 Å². The van der Waals surface area contributed by atoms with E-state index in [9.17, 15) is 4.79 Å². The smallest absolute Gasteiger partial charge is 0.315 e. The van der Waals surface area contributed by atoms with E-state index < -0.39 is 0 Å². The summed E-state index contributed by atoms with van der Waals surface area (Å²) in [4.78, 5) is 18.8. The first-order valence-electron chi connectivity index (χ1n) is 5.22. The van der Waals surface area contributed by atoms with E-state index in [4.69, 9.17) is 11.6 Å². The molecule has 0 spiro atoms. The zero-order valence-electron chi connectivity index (χ0n) is 8.53. The molecule has 2 N–H and O–H groups in total. The maximum atomic E-state index is 11.8. The molecule has 0 bridgehead atoms. The lowest BCUT2D eigenvalue weighted by Gasteiger charge is -2.09. The Balaban J connectivity index is 2.23. The van der Waals surface area contributed by atoms with Gasteiger partial charge in [-0.1, -0.05) is 11.6 Å². The summed E-state index contributed by atoms with van der Waals surface area (Å²) in [6.07, 6.45) is 2.52. The molecule has 1 aliphatic rings. The van der Waals surface area contributed by atoms with Crippen LogP contribution in [0.2, 0.25) is 5.02 Å². The van der Waals surface area contributed by atoms with E-state index in [0.29, 0.717) is 16.2 Å². The molecule has 0 aromatic carbocycles. The van der Waals surface area contributed by atoms with Gasteiger partial charge in [-0.25, -0.2) is 9.78 Å². The molecule has 16 heavy (non-hydrogen) atoms. The predicted octanol–water partition coefficient (Wildman–Crippen LogP) is 0.912. The van der Waals surface area contributed by atoms with Crippen molar-refractivity contribution in [2.24, 2.45) is 0 Å². The van der Waals surface area contributed by atoms with Crippen molar-refractivity contribution in [1.29, 1.82) is 0 Å². The number of nitrogens with zero attached hydrogens (tertiary/aromatic N) is 2. The molecule has 2 aromatic rings. The first-order valence-corrected chi connectivity index (χ1v) is 5.60. The Kier molecular flexibility index (Phi) is 2.22. The average Bonchev–Trinajstić information content (AvgIpc) is 2.83. The lowest BCUT2D eigenvalue weighted by atomic mass is 10.2. The standard InChI is InChI=1S/C10H11ClN4O/c11-6-3-8-9(13-4-6)15(10(16)14-8)7-1-2-12-5-7/h3-4,7,12H,1-2,5H2,(H,14,16)/t7-/m1/s1. The van der Waals surface area contributed by atoms with Crippen molar-refractivity contribution in [3.8, 4) is 0 Å². The molecule has 1 saturated heterocycles. The number of hydrogen-bond donors (Lipinski definition) is 2. The van der Waals surface area contributed by atoms with Crippen LogP contribution in [-0.4, -0.2) is 27.6 Å². The van der Waals surface area contributed by atoms with E-state index in [1.807, 2.05) is 0 Å². The maximum absolute atomic E-state index is 11.8. The van der Waals surface area contributed by atoms with Gasteiger partial charge in [0.15, 0.2) is 5.65 Å². The Bertz CT molecular complexity index is 582. The predicted molar refractivity (Wildman–Crippen MR) is 61.9 cm³/mol. The second kappa shape index (κ2) is 3.61. The molecule has 5 nitrogen and oxygen atoms in total. The molecule has 0 saturated carbocycles. The minimum absolute atomic E-state index is 0.113. The number of aromatic amines is 1. The quantitative estimate of drug-likeness (QED) is 0.777. The van der Waals surface area contributed by atoms with E-state index in [-0.39, 0.29) is 11.7 Å². The Hall–Kier alpha value is -1.33. The highest BCUT2D eigenvalue weighted by Crippen LogP contribution is 2.19. The van der Waals surface area contributed by atoms with E-state index in [1.54, 1.807) is 16.8 Å². The Morgan fingerprint density at radius 3 is 3.19 bits per heavy atom. The molecule has 0 radical (unpaired) electrons. The molecule has 3 rings (SSSR count). The summed E-state index contributed by atoms with van der Waals surface area (Å²) in [7, 11) is 0. The van der Waals surface area contributed by atoms with Crippen molar-refractivity contribution in [1.82, 2.24) is 19.9 Å². The van der Waals surface area contributed by atoms with Crippen LogP contribution in [0.1, 0.15) is 12.5 Å². The van der Waals surface area contributed by atoms with Crippen molar-refractivity contribution in [3.05, 3.63) is 27.8 Å². The van der Waals surface area contributed by atoms with Gasteiger partial charge in [0.2, 0.25) is 0 Å². The lowest BCUT2D eigenvalue weighted by molar-refractivity contribution is 0.542. The van der Waals surface area contributed by atoms with Crippen molar-refractivity contribution < 1.29 is 0 Å². The number of imidazole rings is 1. The Morgan fingerprint density at radius 1 is 1.56 bits per heavy atom. The highest BCUT2D eigenvalue weighted by Gasteiger charge is 2.21. The van der Waals surface area contributed by atoms with Crippen molar-refractivity contribution in [3.63, 3.8) is 0 Å². The van der Waals surface area contributed by atoms with Crippen LogP contribution in [-0.2, 0) is 0 Å². The molecule has 2 aromatic heterocycles. The van der Waals surface area contributed by atoms with Crippen LogP contribution in [0.4, 0.5) is 0 Å². The van der Waals surface area contributed by atoms with Crippen LogP contribution < -0.4 is 11.0 Å². The lowest BCUT2D eigenvalue weighted by Crippen LogP contribution is -2.24. The van der Waals surface area contributed by atoms with Gasteiger partial charge in [-0.3, -0.25) is 4.57 Å². The van der Waals surface area contributed by atoms with Crippen LogP contribution in [0.25, 0.3) is 11.2 Å². The topological polar surface area (TPSA) is 62.7 Å². The van der Waals surface area contributed by atoms with Crippen molar-refractivity contribution in [2.45, 2.75) is 12.5 Å². The third-order valence-corrected chi connectivity index (χ3v) is 3.13. The summed E-state index contributed by atoms with van der Waals surface area (Å²) < 4.78 is 1.71. The zero-order chi connectivity index (χ0) is 11.1. The summed E-state index contributed by atoms with van der Waals surface area (Å²) in [6, 6.07) is 1.92. The fraction of sp³-hybridized carbons (Fsp3) is 0.400. The molecule has 1 atom stereocenters. The van der Waals surface area contributed by atoms with Crippen LogP contribution in [0, 0.1) is 0 Å². The van der Waals surface area contributed by atoms with Crippen LogP contribution >= 0.6 is 11.6 Å². The normalized spacial score (nSPS) is 20.7. The van der Waals surface area contributed by atoms with Crippen LogP contribution in [0.3, 0.4) is 0 Å². The van der Waals surface area contributed by atoms with Gasteiger partial charge in [0.05, 0.1) is 16.6 Å². The van der Waals surface area contributed by atoms with Crippen LogP contribution in [0.5, 0.6) is 0 Å². The fourth-order valence-corrected chi connectivity index (χ4v) is 2.34. The molecule has 1 fully saturated rings. The molecular weight excluding hydrogens is 228 g/mol. The third-order valence-electron chi connectivity index (χ3n) is 2.92. The molecule has 3 heterocycles. The molecular formula is C10H11ClN4O. The number of rotatable bonds is 1. The van der Waals surface area contributed by atoms with Crippen molar-refractivity contribution in [2.75, 3.05) is 13.1 Å². The van der Waals surface area contributed by atoms with E-state index in [2.05, 4.69) is 15.3 Å². The Labute approximate surface area is 96.4 Å². The number of pyridine rings is 1. The molecule has 6 heteroatoms. The summed E-state index contributed by atoms with van der Waals surface area (Å²) in [5, 5.41) is 3.77. The van der Waals surface area contributed by atoms with E-state index >= 15 is 0 Å². The highest BCUT2D eigenvalue weighted by molar-refractivity contribution is 6.31. The minimum atomic E-state index is -0.113. The number of H-pyrrole nitrogens is 1. The van der Waals surface area contributed by atoms with Crippen molar-refractivity contribution >= 4 is 22.8 Å². The number of fused-ring (bicyclic) bond motifs is 1. The van der Waals surface area contributed by atoms with Gasteiger partial charge in [-0.2, -0.15) is 0 Å². The SMILES string of the molecule is O=c1[nH]c2cc(Cl)cnc2n1[C@@H]1CCNC1. The molecule has 84 valence electrons. The number of nitrogens with one attached hydrogen (secondary N) is 2. The molecule has 0 aliphatic carbocycles. The molecule has 0 amide bonds. The number of aromatic nitrogens is 3. The Morgan fingerprint density at radius 2 is 2.44 bits per heavy atom. The van der Waals surface area contributed by atoms with Gasteiger partial charge in [0.1, 0.15) is 0 Å². The fourth-order valence-electron chi connectivity index (χ4n) is 2.19. The van der Waals surface area contributed by atoms with Gasteiger partial charge < -0.3 is 10.3 Å². The van der Waals surface area contributed by atoms with Crippen LogP contribution in [0.15, 0.2) is 17.1 Å². The molecule has 0 unspecified atom stereocenters. The monoisotopic (exact) mass is 238 g/mol. The first-order chi connectivity index (χ1) is 7.75. The summed E-state index contributed by atoms with van der Waals surface area (Å²) in [5.41, 5.74) is 1.27. The number of hydrogen-bond acceptors (Lipinski definition) is 3. The zero-order valence-corrected chi connectivity index (χ0v) is 9.29. The van der Waals surface area contributed by atoms with Gasteiger partial charge in [0.25, 0.3) is 0 Å². The largest absolute Gasteiger partial charge is 0.327 e. The van der Waals surface area contributed by atoms with E-state index in [1.165, 1.54) is 0 Å².